The molecule has 1 aliphatic heterocycles. The maximum Gasteiger partial charge on any atom is 0.246 e. The standard InChI is InChI=1S/C14H10BrN3O.C4H8O/c15-9-4-5-11-10(7-9)14(17-8-13(19)18-11)12-3-1-2-6-16-12;1-3-4(2)5/h1-7H,8H2,(H,18,19);3H2,1-2H3. The Morgan fingerprint density at radius 3 is 2.67 bits per heavy atom. The first-order valence-corrected chi connectivity index (χ1v) is 8.35. The number of pyridine rings is 1. The highest BCUT2D eigenvalue weighted by Crippen LogP contribution is 2.25. The number of fused-ring (bicyclic) bond motifs is 1. The van der Waals surface area contributed by atoms with Crippen LogP contribution in [0.2, 0.25) is 0 Å². The van der Waals surface area contributed by atoms with E-state index < -0.39 is 0 Å². The number of aliphatic imine (C=N–C) groups is 1. The highest BCUT2D eigenvalue weighted by molar-refractivity contribution is 9.10. The van der Waals surface area contributed by atoms with Crippen LogP contribution >= 0.6 is 15.9 Å². The summed E-state index contributed by atoms with van der Waals surface area (Å²) < 4.78 is 0.936. The largest absolute Gasteiger partial charge is 0.324 e. The van der Waals surface area contributed by atoms with Gasteiger partial charge < -0.3 is 10.1 Å². The average molecular weight is 388 g/mol. The predicted molar refractivity (Wildman–Crippen MR) is 98.5 cm³/mol. The third-order valence-electron chi connectivity index (χ3n) is 3.30. The molecule has 3 rings (SSSR count). The van der Waals surface area contributed by atoms with Crippen molar-refractivity contribution in [1.29, 1.82) is 0 Å². The number of aromatic nitrogens is 1. The number of Topliss-reactive ketones (excluding diaryl/α,β-unsaturated/α-hetero) is 1. The number of carbonyl (C=O) groups excluding carboxylic acids is 2. The molecule has 124 valence electrons. The van der Waals surface area contributed by atoms with Crippen molar-refractivity contribution in [2.45, 2.75) is 20.3 Å². The van der Waals surface area contributed by atoms with E-state index in [1.807, 2.05) is 43.3 Å². The molecular formula is C18H18BrN3O2. The van der Waals surface area contributed by atoms with Crippen LogP contribution in [-0.4, -0.2) is 28.9 Å². The van der Waals surface area contributed by atoms with Gasteiger partial charge in [-0.25, -0.2) is 0 Å². The van der Waals surface area contributed by atoms with Crippen molar-refractivity contribution in [2.75, 3.05) is 11.9 Å². The van der Waals surface area contributed by atoms with Gasteiger partial charge in [0.05, 0.1) is 17.1 Å². The van der Waals surface area contributed by atoms with E-state index in [9.17, 15) is 9.59 Å². The van der Waals surface area contributed by atoms with Crippen molar-refractivity contribution in [2.24, 2.45) is 4.99 Å². The second-order valence-electron chi connectivity index (χ2n) is 5.17. The summed E-state index contributed by atoms with van der Waals surface area (Å²) in [5, 5.41) is 2.85. The van der Waals surface area contributed by atoms with Crippen molar-refractivity contribution < 1.29 is 9.59 Å². The van der Waals surface area contributed by atoms with E-state index in [1.165, 1.54) is 0 Å². The lowest BCUT2D eigenvalue weighted by molar-refractivity contribution is -0.117. The molecule has 0 saturated carbocycles. The minimum atomic E-state index is -0.116. The number of nitrogens with zero attached hydrogens (tertiary/aromatic N) is 2. The van der Waals surface area contributed by atoms with Gasteiger partial charge in [-0.2, -0.15) is 0 Å². The molecule has 0 aliphatic carbocycles. The van der Waals surface area contributed by atoms with Crippen LogP contribution in [0.3, 0.4) is 0 Å². The summed E-state index contributed by atoms with van der Waals surface area (Å²) in [6.45, 7) is 3.54. The van der Waals surface area contributed by atoms with Gasteiger partial charge in [0.2, 0.25) is 5.91 Å². The maximum atomic E-state index is 11.7. The average Bonchev–Trinajstić information content (AvgIpc) is 2.74. The Morgan fingerprint density at radius 2 is 2.04 bits per heavy atom. The van der Waals surface area contributed by atoms with Gasteiger partial charge in [-0.3, -0.25) is 14.8 Å². The van der Waals surface area contributed by atoms with E-state index in [1.54, 1.807) is 13.1 Å². The zero-order chi connectivity index (χ0) is 17.5. The second-order valence-corrected chi connectivity index (χ2v) is 6.09. The second kappa shape index (κ2) is 8.49. The minimum absolute atomic E-state index is 0.109. The zero-order valence-corrected chi connectivity index (χ0v) is 15.1. The molecule has 1 aromatic carbocycles. The number of rotatable bonds is 2. The van der Waals surface area contributed by atoms with Crippen molar-refractivity contribution in [3.8, 4) is 0 Å². The fourth-order valence-corrected chi connectivity index (χ4v) is 2.33. The third-order valence-corrected chi connectivity index (χ3v) is 3.79. The molecule has 6 heteroatoms. The van der Waals surface area contributed by atoms with Crippen LogP contribution in [0.15, 0.2) is 52.1 Å². The summed E-state index contributed by atoms with van der Waals surface area (Å²) in [6.07, 6.45) is 2.38. The number of amides is 1. The molecule has 5 nitrogen and oxygen atoms in total. The summed E-state index contributed by atoms with van der Waals surface area (Å²) in [5.41, 5.74) is 3.13. The SMILES string of the molecule is CCC(C)=O.O=C1CN=C(c2ccccn2)c2cc(Br)ccc2N1. The number of hydrogen-bond acceptors (Lipinski definition) is 4. The Bertz CT molecular complexity index is 773. The van der Waals surface area contributed by atoms with Gasteiger partial charge in [0.25, 0.3) is 0 Å². The number of halogens is 1. The van der Waals surface area contributed by atoms with Gasteiger partial charge in [0.15, 0.2) is 0 Å². The molecule has 2 aromatic rings. The highest BCUT2D eigenvalue weighted by atomic mass is 79.9. The lowest BCUT2D eigenvalue weighted by atomic mass is 10.0. The van der Waals surface area contributed by atoms with Crippen LogP contribution in [0, 0.1) is 0 Å². The van der Waals surface area contributed by atoms with Gasteiger partial charge >= 0.3 is 0 Å². The molecule has 0 atom stereocenters. The number of benzodiazepines with no additional fused rings is 1. The summed E-state index contributed by atoms with van der Waals surface area (Å²) >= 11 is 3.44. The summed E-state index contributed by atoms with van der Waals surface area (Å²) in [4.78, 5) is 30.2. The number of hydrogen-bond donors (Lipinski definition) is 1. The molecule has 0 unspecified atom stereocenters. The van der Waals surface area contributed by atoms with E-state index in [0.717, 1.165) is 27.1 Å². The molecule has 0 spiro atoms. The number of benzene rings is 1. The Hall–Kier alpha value is -2.34. The monoisotopic (exact) mass is 387 g/mol. The zero-order valence-electron chi connectivity index (χ0n) is 13.5. The smallest absolute Gasteiger partial charge is 0.246 e. The van der Waals surface area contributed by atoms with Gasteiger partial charge in [-0.05, 0) is 37.3 Å². The molecule has 1 aliphatic rings. The lowest BCUT2D eigenvalue weighted by Gasteiger charge is -2.09. The Morgan fingerprint density at radius 1 is 1.29 bits per heavy atom. The molecule has 24 heavy (non-hydrogen) atoms. The van der Waals surface area contributed by atoms with E-state index in [2.05, 4.69) is 31.2 Å². The number of ketones is 1. The molecule has 1 aromatic heterocycles. The van der Waals surface area contributed by atoms with Crippen LogP contribution in [0.1, 0.15) is 31.5 Å². The molecular weight excluding hydrogens is 370 g/mol. The first-order valence-electron chi connectivity index (χ1n) is 7.56. The van der Waals surface area contributed by atoms with E-state index in [-0.39, 0.29) is 18.2 Å². The first kappa shape index (κ1) is 18.0. The molecule has 0 bridgehead atoms. The topological polar surface area (TPSA) is 71.4 Å². The van der Waals surface area contributed by atoms with Gasteiger partial charge in [-0.15, -0.1) is 0 Å². The fraction of sp³-hybridized carbons (Fsp3) is 0.222. The summed E-state index contributed by atoms with van der Waals surface area (Å²) in [7, 11) is 0. The number of carbonyl (C=O) groups is 2. The molecule has 2 heterocycles. The van der Waals surface area contributed by atoms with Crippen LogP contribution in [0.4, 0.5) is 5.69 Å². The molecule has 0 radical (unpaired) electrons. The number of nitrogens with one attached hydrogen (secondary N) is 1. The predicted octanol–water partition coefficient (Wildman–Crippen LogP) is 3.62. The van der Waals surface area contributed by atoms with Crippen LogP contribution in [0.5, 0.6) is 0 Å². The molecule has 0 fully saturated rings. The molecule has 1 N–H and O–H groups in total. The quantitative estimate of drug-likeness (QED) is 0.854. The van der Waals surface area contributed by atoms with Crippen molar-refractivity contribution in [3.05, 3.63) is 58.3 Å². The van der Waals surface area contributed by atoms with Crippen molar-refractivity contribution in [3.63, 3.8) is 0 Å². The van der Waals surface area contributed by atoms with Crippen LogP contribution in [0.25, 0.3) is 0 Å². The van der Waals surface area contributed by atoms with Gasteiger partial charge in [0, 0.05) is 22.7 Å². The van der Waals surface area contributed by atoms with Gasteiger partial charge in [-0.1, -0.05) is 28.9 Å². The highest BCUT2D eigenvalue weighted by Gasteiger charge is 2.18. The van der Waals surface area contributed by atoms with E-state index in [4.69, 9.17) is 0 Å². The van der Waals surface area contributed by atoms with Crippen LogP contribution in [-0.2, 0) is 9.59 Å². The van der Waals surface area contributed by atoms with E-state index in [0.29, 0.717) is 6.42 Å². The normalized spacial score (nSPS) is 12.8. The minimum Gasteiger partial charge on any atom is -0.324 e. The number of anilines is 1. The Labute approximate surface area is 149 Å². The lowest BCUT2D eigenvalue weighted by Crippen LogP contribution is -2.13. The Kier molecular flexibility index (Phi) is 6.37. The maximum absolute atomic E-state index is 11.7. The first-order chi connectivity index (χ1) is 11.5. The summed E-state index contributed by atoms with van der Waals surface area (Å²) in [5.74, 6) is 0.138. The van der Waals surface area contributed by atoms with E-state index >= 15 is 0 Å². The summed E-state index contributed by atoms with van der Waals surface area (Å²) in [6, 6.07) is 11.3. The van der Waals surface area contributed by atoms with Gasteiger partial charge in [0.1, 0.15) is 12.3 Å². The third kappa shape index (κ3) is 4.83. The van der Waals surface area contributed by atoms with Crippen molar-refractivity contribution >= 4 is 39.0 Å². The molecule has 0 saturated heterocycles. The molecule has 1 amide bonds. The Balaban J connectivity index is 0.000000368. The fourth-order valence-electron chi connectivity index (χ4n) is 1.97. The van der Waals surface area contributed by atoms with Crippen LogP contribution < -0.4 is 5.32 Å². The van der Waals surface area contributed by atoms with Crippen molar-refractivity contribution in [1.82, 2.24) is 4.98 Å².